The van der Waals surface area contributed by atoms with Gasteiger partial charge < -0.3 is 20.1 Å². The lowest BCUT2D eigenvalue weighted by Crippen LogP contribution is -2.45. The standard InChI is InChI=1S/C20H19F3N6O2/c21-13-4-3-5-14(12-13)31-20(26-19(24)28-8-10-30-11-9-28)27-29-16-7-2-1-6-15(16)25-18(29)17(22)23/h1-7,12,17H,8-11H2,(H2,24,26,27). The van der Waals surface area contributed by atoms with Crippen molar-refractivity contribution < 1.29 is 22.6 Å². The highest BCUT2D eigenvalue weighted by atomic mass is 19.3. The van der Waals surface area contributed by atoms with E-state index >= 15 is 0 Å². The highest BCUT2D eigenvalue weighted by Gasteiger charge is 2.20. The van der Waals surface area contributed by atoms with E-state index in [9.17, 15) is 13.2 Å². The van der Waals surface area contributed by atoms with Gasteiger partial charge in [-0.05, 0) is 24.3 Å². The third-order valence-corrected chi connectivity index (χ3v) is 4.49. The summed E-state index contributed by atoms with van der Waals surface area (Å²) in [4.78, 5) is 9.87. The van der Waals surface area contributed by atoms with Crippen molar-refractivity contribution in [3.63, 3.8) is 0 Å². The first kappa shape index (κ1) is 20.7. The summed E-state index contributed by atoms with van der Waals surface area (Å²) in [5.74, 6) is -0.966. The molecule has 0 bridgehead atoms. The van der Waals surface area contributed by atoms with E-state index in [4.69, 9.17) is 15.2 Å². The molecule has 0 saturated carbocycles. The van der Waals surface area contributed by atoms with Crippen LogP contribution in [0.5, 0.6) is 5.75 Å². The molecule has 0 aliphatic carbocycles. The predicted molar refractivity (Wildman–Crippen MR) is 109 cm³/mol. The van der Waals surface area contributed by atoms with E-state index in [2.05, 4.69) is 15.1 Å². The molecule has 0 amide bonds. The van der Waals surface area contributed by atoms with E-state index in [0.29, 0.717) is 37.3 Å². The van der Waals surface area contributed by atoms with Gasteiger partial charge in [-0.15, -0.1) is 5.10 Å². The van der Waals surface area contributed by atoms with E-state index in [1.807, 2.05) is 0 Å². The lowest BCUT2D eigenvalue weighted by Gasteiger charge is -2.27. The number of aromatic nitrogens is 2. The maximum Gasteiger partial charge on any atom is 0.343 e. The molecular weight excluding hydrogens is 413 g/mol. The summed E-state index contributed by atoms with van der Waals surface area (Å²) < 4.78 is 52.7. The Hall–Kier alpha value is -3.60. The summed E-state index contributed by atoms with van der Waals surface area (Å²) in [7, 11) is 0. The van der Waals surface area contributed by atoms with E-state index in [0.717, 1.165) is 10.7 Å². The average molecular weight is 432 g/mol. The van der Waals surface area contributed by atoms with Crippen LogP contribution in [0.3, 0.4) is 0 Å². The molecule has 2 heterocycles. The summed E-state index contributed by atoms with van der Waals surface area (Å²) >= 11 is 0. The average Bonchev–Trinajstić information content (AvgIpc) is 3.13. The fourth-order valence-corrected chi connectivity index (χ4v) is 3.03. The molecule has 162 valence electrons. The van der Waals surface area contributed by atoms with Crippen LogP contribution in [0.1, 0.15) is 12.2 Å². The number of hydrogen-bond donors (Lipinski definition) is 1. The Balaban J connectivity index is 1.79. The lowest BCUT2D eigenvalue weighted by atomic mass is 10.3. The van der Waals surface area contributed by atoms with Gasteiger partial charge in [0.1, 0.15) is 11.6 Å². The van der Waals surface area contributed by atoms with Gasteiger partial charge in [0.25, 0.3) is 6.43 Å². The molecule has 1 aliphatic heterocycles. The molecule has 31 heavy (non-hydrogen) atoms. The third-order valence-electron chi connectivity index (χ3n) is 4.49. The van der Waals surface area contributed by atoms with Crippen molar-refractivity contribution >= 4 is 23.0 Å². The van der Waals surface area contributed by atoms with E-state index in [1.54, 1.807) is 29.2 Å². The van der Waals surface area contributed by atoms with Crippen molar-refractivity contribution in [2.24, 2.45) is 15.8 Å². The Kier molecular flexibility index (Phi) is 6.03. The topological polar surface area (TPSA) is 90.3 Å². The number of halogens is 3. The number of nitrogens with zero attached hydrogens (tertiary/aromatic N) is 5. The fourth-order valence-electron chi connectivity index (χ4n) is 3.03. The summed E-state index contributed by atoms with van der Waals surface area (Å²) in [6, 6.07) is 11.5. The van der Waals surface area contributed by atoms with Gasteiger partial charge in [-0.25, -0.2) is 22.8 Å². The van der Waals surface area contributed by atoms with Crippen molar-refractivity contribution in [2.45, 2.75) is 6.43 Å². The van der Waals surface area contributed by atoms with Crippen molar-refractivity contribution in [3.05, 3.63) is 60.2 Å². The summed E-state index contributed by atoms with van der Waals surface area (Å²) in [6.07, 6.45) is -2.90. The number of alkyl halides is 2. The molecule has 0 atom stereocenters. The molecule has 1 aliphatic rings. The molecule has 4 rings (SSSR count). The number of hydrogen-bond acceptors (Lipinski definition) is 4. The van der Waals surface area contributed by atoms with Crippen LogP contribution in [0.25, 0.3) is 11.0 Å². The second kappa shape index (κ2) is 9.04. The second-order valence-corrected chi connectivity index (χ2v) is 6.58. The number of guanidine groups is 1. The number of amidine groups is 1. The molecule has 0 spiro atoms. The van der Waals surface area contributed by atoms with Crippen LogP contribution in [0.2, 0.25) is 0 Å². The number of rotatable bonds is 3. The Bertz CT molecular complexity index is 1130. The largest absolute Gasteiger partial charge is 0.423 e. The van der Waals surface area contributed by atoms with E-state index in [1.165, 1.54) is 18.2 Å². The number of fused-ring (bicyclic) bond motifs is 1. The second-order valence-electron chi connectivity index (χ2n) is 6.58. The number of para-hydroxylation sites is 2. The fraction of sp³-hybridized carbons (Fsp3) is 0.250. The van der Waals surface area contributed by atoms with Crippen molar-refractivity contribution in [1.82, 2.24) is 14.6 Å². The van der Waals surface area contributed by atoms with Crippen molar-refractivity contribution in [1.29, 1.82) is 0 Å². The minimum atomic E-state index is -2.90. The van der Waals surface area contributed by atoms with Crippen molar-refractivity contribution in [2.75, 3.05) is 26.3 Å². The highest BCUT2D eigenvalue weighted by Crippen LogP contribution is 2.24. The highest BCUT2D eigenvalue weighted by molar-refractivity contribution is 5.92. The first-order valence-electron chi connectivity index (χ1n) is 9.46. The van der Waals surface area contributed by atoms with E-state index < -0.39 is 18.1 Å². The minimum Gasteiger partial charge on any atom is -0.423 e. The zero-order valence-corrected chi connectivity index (χ0v) is 16.3. The van der Waals surface area contributed by atoms with Crippen LogP contribution < -0.4 is 10.5 Å². The third kappa shape index (κ3) is 4.77. The zero-order chi connectivity index (χ0) is 21.8. The normalized spacial score (nSPS) is 15.7. The summed E-state index contributed by atoms with van der Waals surface area (Å²) in [6.45, 7) is 1.93. The number of benzene rings is 2. The lowest BCUT2D eigenvalue weighted by molar-refractivity contribution is 0.0675. The van der Waals surface area contributed by atoms with Gasteiger partial charge in [-0.2, -0.15) is 4.99 Å². The Morgan fingerprint density at radius 3 is 2.65 bits per heavy atom. The number of ether oxygens (including phenoxy) is 2. The summed E-state index contributed by atoms with van der Waals surface area (Å²) in [5.41, 5.74) is 6.75. The summed E-state index contributed by atoms with van der Waals surface area (Å²) in [5, 5.41) is 4.15. The first-order valence-corrected chi connectivity index (χ1v) is 9.46. The van der Waals surface area contributed by atoms with Gasteiger partial charge in [0.2, 0.25) is 5.96 Å². The van der Waals surface area contributed by atoms with Gasteiger partial charge in [0, 0.05) is 19.2 Å². The van der Waals surface area contributed by atoms with E-state index in [-0.39, 0.29) is 17.7 Å². The van der Waals surface area contributed by atoms with Crippen molar-refractivity contribution in [3.8, 4) is 5.75 Å². The Morgan fingerprint density at radius 1 is 1.13 bits per heavy atom. The Morgan fingerprint density at radius 2 is 1.90 bits per heavy atom. The first-order chi connectivity index (χ1) is 15.0. The van der Waals surface area contributed by atoms with Crippen LogP contribution in [-0.2, 0) is 4.74 Å². The van der Waals surface area contributed by atoms with Crippen LogP contribution in [-0.4, -0.2) is 52.8 Å². The number of imidazole rings is 1. The Labute approximate surface area is 175 Å². The van der Waals surface area contributed by atoms with Gasteiger partial charge in [-0.1, -0.05) is 18.2 Å². The van der Waals surface area contributed by atoms with Gasteiger partial charge in [0.05, 0.1) is 24.2 Å². The van der Waals surface area contributed by atoms with Crippen LogP contribution in [0, 0.1) is 5.82 Å². The van der Waals surface area contributed by atoms with Crippen LogP contribution in [0.4, 0.5) is 13.2 Å². The quantitative estimate of drug-likeness (QED) is 0.508. The molecule has 2 N–H and O–H groups in total. The molecule has 0 radical (unpaired) electrons. The molecule has 8 nitrogen and oxygen atoms in total. The molecule has 1 fully saturated rings. The molecular formula is C20H19F3N6O2. The predicted octanol–water partition coefficient (Wildman–Crippen LogP) is 2.96. The maximum atomic E-state index is 13.6. The SMILES string of the molecule is NC(=NC(=Nn1c(C(F)F)nc2ccccc21)Oc1cccc(F)c1)N1CCOCC1. The molecule has 1 aromatic heterocycles. The molecule has 3 aromatic rings. The van der Waals surface area contributed by atoms with Crippen LogP contribution in [0.15, 0.2) is 58.6 Å². The van der Waals surface area contributed by atoms with Gasteiger partial charge in [0.15, 0.2) is 5.82 Å². The number of morpholine rings is 1. The number of aliphatic imine (C=N–C) groups is 1. The monoisotopic (exact) mass is 432 g/mol. The maximum absolute atomic E-state index is 13.6. The minimum absolute atomic E-state index is 0.0708. The van der Waals surface area contributed by atoms with Gasteiger partial charge in [-0.3, -0.25) is 0 Å². The number of nitrogens with two attached hydrogens (primary N) is 1. The molecule has 2 aromatic carbocycles. The smallest absolute Gasteiger partial charge is 0.343 e. The zero-order valence-electron chi connectivity index (χ0n) is 16.3. The molecule has 11 heteroatoms. The van der Waals surface area contributed by atoms with Crippen LogP contribution >= 0.6 is 0 Å². The van der Waals surface area contributed by atoms with Gasteiger partial charge >= 0.3 is 6.02 Å². The molecule has 0 unspecified atom stereocenters. The molecule has 1 saturated heterocycles.